The Bertz CT molecular complexity index is 446. The molecule has 98 valence electrons. The van der Waals surface area contributed by atoms with E-state index in [1.165, 1.54) is 11.1 Å². The summed E-state index contributed by atoms with van der Waals surface area (Å²) in [6.45, 7) is 9.68. The second-order valence-electron chi connectivity index (χ2n) is 4.89. The smallest absolute Gasteiger partial charge is 0.392 e. The van der Waals surface area contributed by atoms with E-state index in [-0.39, 0.29) is 12.9 Å². The number of hydrogen-bond donors (Lipinski definition) is 1. The topological polar surface area (TPSA) is 52.3 Å². The monoisotopic (exact) mass is 247 g/mol. The molecule has 18 heavy (non-hydrogen) atoms. The molecule has 1 aromatic carbocycles. The maximum atomic E-state index is 11.7. The Balaban J connectivity index is 2.88. The lowest BCUT2D eigenvalue weighted by Gasteiger charge is -2.17. The molecule has 0 spiro atoms. The van der Waals surface area contributed by atoms with Crippen LogP contribution < -0.4 is 11.2 Å². The third kappa shape index (κ3) is 3.36. The summed E-state index contributed by atoms with van der Waals surface area (Å²) in [5, 5.41) is 0. The van der Waals surface area contributed by atoms with Gasteiger partial charge >= 0.3 is 12.9 Å². The molecule has 0 aliphatic rings. The summed E-state index contributed by atoms with van der Waals surface area (Å²) in [5.74, 6) is -0.331. The van der Waals surface area contributed by atoms with Gasteiger partial charge in [0.1, 0.15) is 6.04 Å². The van der Waals surface area contributed by atoms with Gasteiger partial charge < -0.3 is 10.4 Å². The van der Waals surface area contributed by atoms with E-state index in [9.17, 15) is 4.79 Å². The molecule has 0 radical (unpaired) electrons. The van der Waals surface area contributed by atoms with Crippen molar-refractivity contribution in [2.45, 2.75) is 47.0 Å². The number of carbonyl (C=O) groups is 1. The molecule has 0 saturated heterocycles. The highest BCUT2D eigenvalue weighted by atomic mass is 16.5. The van der Waals surface area contributed by atoms with Gasteiger partial charge in [0, 0.05) is 0 Å². The first-order valence-corrected chi connectivity index (χ1v) is 6.40. The molecule has 0 saturated carbocycles. The van der Waals surface area contributed by atoms with E-state index in [0.29, 0.717) is 6.42 Å². The molecule has 0 aliphatic heterocycles. The van der Waals surface area contributed by atoms with Gasteiger partial charge in [0.25, 0.3) is 0 Å². The van der Waals surface area contributed by atoms with Crippen molar-refractivity contribution in [2.75, 3.05) is 0 Å². The molecule has 4 heteroatoms. The summed E-state index contributed by atoms with van der Waals surface area (Å²) >= 11 is 0. The van der Waals surface area contributed by atoms with Crippen LogP contribution in [0.25, 0.3) is 0 Å². The molecule has 1 unspecified atom stereocenters. The van der Waals surface area contributed by atoms with Crippen LogP contribution in [0.5, 0.6) is 0 Å². The van der Waals surface area contributed by atoms with Crippen molar-refractivity contribution in [1.29, 1.82) is 0 Å². The Labute approximate surface area is 110 Å². The number of rotatable bonds is 4. The average Bonchev–Trinajstić information content (AvgIpc) is 2.32. The van der Waals surface area contributed by atoms with Crippen LogP contribution in [0.1, 0.15) is 30.0 Å². The van der Waals surface area contributed by atoms with E-state index in [4.69, 9.17) is 10.4 Å². The van der Waals surface area contributed by atoms with Crippen LogP contribution in [-0.4, -0.2) is 18.9 Å². The second-order valence-corrected chi connectivity index (χ2v) is 4.89. The third-order valence-corrected chi connectivity index (χ3v) is 3.36. The van der Waals surface area contributed by atoms with Crippen molar-refractivity contribution in [1.82, 2.24) is 0 Å². The summed E-state index contributed by atoms with van der Waals surface area (Å²) in [4.78, 5) is 11.7. The summed E-state index contributed by atoms with van der Waals surface area (Å²) < 4.78 is 5.40. The molecule has 1 rings (SSSR count). The standard InChI is InChI=1S/C14H22BNO2/c1-6-13(16)14(17)18-15(5)12-8-10(3)9(2)7-11(12)4/h7-8,13H,6,16H2,1-5H3. The molecule has 0 fully saturated rings. The Morgan fingerprint density at radius 3 is 2.39 bits per heavy atom. The minimum absolute atomic E-state index is 0.255. The van der Waals surface area contributed by atoms with Crippen molar-refractivity contribution >= 4 is 18.3 Å². The van der Waals surface area contributed by atoms with Gasteiger partial charge in [-0.3, -0.25) is 4.79 Å². The Hall–Kier alpha value is -1.29. The first-order valence-electron chi connectivity index (χ1n) is 6.40. The molecule has 0 amide bonds. The van der Waals surface area contributed by atoms with E-state index in [0.717, 1.165) is 11.0 Å². The van der Waals surface area contributed by atoms with Crippen molar-refractivity contribution in [2.24, 2.45) is 5.73 Å². The highest BCUT2D eigenvalue weighted by Crippen LogP contribution is 2.09. The summed E-state index contributed by atoms with van der Waals surface area (Å²) in [6.07, 6.45) is 0.595. The van der Waals surface area contributed by atoms with Gasteiger partial charge in [-0.25, -0.2) is 0 Å². The number of aryl methyl sites for hydroxylation is 3. The zero-order chi connectivity index (χ0) is 13.9. The van der Waals surface area contributed by atoms with E-state index < -0.39 is 6.04 Å². The zero-order valence-electron chi connectivity index (χ0n) is 11.9. The van der Waals surface area contributed by atoms with Gasteiger partial charge in [-0.1, -0.05) is 24.6 Å². The highest BCUT2D eigenvalue weighted by Gasteiger charge is 2.22. The molecule has 0 aromatic heterocycles. The lowest BCUT2D eigenvalue weighted by molar-refractivity contribution is -0.136. The minimum atomic E-state index is -0.528. The zero-order valence-corrected chi connectivity index (χ0v) is 11.9. The fourth-order valence-electron chi connectivity index (χ4n) is 1.91. The minimum Gasteiger partial charge on any atom is -0.530 e. The summed E-state index contributed by atoms with van der Waals surface area (Å²) in [5.41, 5.74) is 10.3. The van der Waals surface area contributed by atoms with Crippen LogP contribution in [-0.2, 0) is 9.45 Å². The first-order chi connectivity index (χ1) is 8.36. The lowest BCUT2D eigenvalue weighted by atomic mass is 9.61. The quantitative estimate of drug-likeness (QED) is 0.824. The fourth-order valence-corrected chi connectivity index (χ4v) is 1.91. The normalized spacial score (nSPS) is 12.1. The predicted molar refractivity (Wildman–Crippen MR) is 76.3 cm³/mol. The predicted octanol–water partition coefficient (Wildman–Crippen LogP) is 1.72. The van der Waals surface area contributed by atoms with Crippen LogP contribution in [0.2, 0.25) is 6.82 Å². The maximum absolute atomic E-state index is 11.7. The third-order valence-electron chi connectivity index (χ3n) is 3.36. The van der Waals surface area contributed by atoms with Gasteiger partial charge in [0.2, 0.25) is 0 Å². The van der Waals surface area contributed by atoms with Crippen LogP contribution in [0, 0.1) is 20.8 Å². The van der Waals surface area contributed by atoms with Crippen LogP contribution in [0.3, 0.4) is 0 Å². The largest absolute Gasteiger partial charge is 0.530 e. The number of benzene rings is 1. The van der Waals surface area contributed by atoms with Gasteiger partial charge in [0.15, 0.2) is 0 Å². The highest BCUT2D eigenvalue weighted by molar-refractivity contribution is 6.68. The van der Waals surface area contributed by atoms with Crippen molar-refractivity contribution in [3.8, 4) is 0 Å². The Morgan fingerprint density at radius 2 is 1.83 bits per heavy atom. The number of nitrogens with two attached hydrogens (primary N) is 1. The van der Waals surface area contributed by atoms with Crippen LogP contribution in [0.4, 0.5) is 0 Å². The molecular weight excluding hydrogens is 225 g/mol. The lowest BCUT2D eigenvalue weighted by Crippen LogP contribution is -2.41. The molecule has 2 N–H and O–H groups in total. The number of carbonyl (C=O) groups excluding carboxylic acids is 1. The maximum Gasteiger partial charge on any atom is 0.392 e. The summed E-state index contributed by atoms with van der Waals surface area (Å²) in [7, 11) is 0. The fraction of sp³-hybridized carbons (Fsp3) is 0.500. The average molecular weight is 247 g/mol. The molecule has 0 heterocycles. The Morgan fingerprint density at radius 1 is 1.28 bits per heavy atom. The molecule has 1 atom stereocenters. The Kier molecular flexibility index (Phi) is 4.97. The van der Waals surface area contributed by atoms with E-state index in [1.54, 1.807) is 0 Å². The van der Waals surface area contributed by atoms with Gasteiger partial charge in [-0.15, -0.1) is 0 Å². The van der Waals surface area contributed by atoms with Gasteiger partial charge in [-0.2, -0.15) is 0 Å². The van der Waals surface area contributed by atoms with Crippen molar-refractivity contribution in [3.63, 3.8) is 0 Å². The molecule has 3 nitrogen and oxygen atoms in total. The SMILES string of the molecule is CCC(N)C(=O)OB(C)c1cc(C)c(C)cc1C. The van der Waals surface area contributed by atoms with Crippen molar-refractivity contribution in [3.05, 3.63) is 28.8 Å². The van der Waals surface area contributed by atoms with Crippen molar-refractivity contribution < 1.29 is 9.45 Å². The van der Waals surface area contributed by atoms with E-state index >= 15 is 0 Å². The number of hydrogen-bond acceptors (Lipinski definition) is 3. The van der Waals surface area contributed by atoms with Gasteiger partial charge in [0.05, 0.1) is 0 Å². The first kappa shape index (κ1) is 14.8. The molecule has 0 aliphatic carbocycles. The van der Waals surface area contributed by atoms with Gasteiger partial charge in [-0.05, 0) is 50.6 Å². The van der Waals surface area contributed by atoms with E-state index in [1.807, 2.05) is 20.7 Å². The molecular formula is C14H22BNO2. The molecule has 0 bridgehead atoms. The summed E-state index contributed by atoms with van der Waals surface area (Å²) in [6, 6.07) is 3.67. The van der Waals surface area contributed by atoms with Crippen LogP contribution in [0.15, 0.2) is 12.1 Å². The van der Waals surface area contributed by atoms with E-state index in [2.05, 4.69) is 26.0 Å². The molecule has 1 aromatic rings. The second kappa shape index (κ2) is 6.05. The van der Waals surface area contributed by atoms with Crippen LogP contribution >= 0.6 is 0 Å².